The number of ether oxygens (including phenoxy) is 4. The molecule has 0 spiro atoms. The Morgan fingerprint density at radius 2 is 1.43 bits per heavy atom. The van der Waals surface area contributed by atoms with Crippen molar-refractivity contribution in [2.45, 2.75) is 88.3 Å². The van der Waals surface area contributed by atoms with Crippen molar-refractivity contribution in [1.29, 1.82) is 5.26 Å². The van der Waals surface area contributed by atoms with Crippen LogP contribution in [-0.4, -0.2) is 105 Å². The molecular weight excluding hydrogens is 378 g/mol. The standard InChI is InChI=1S/C17H29NO10/c1-6(2)8(4-18)27-17-15(24)13(22)11(20)9(28-17)5-25-16-14(23)12(21)10(19)7(3)26-16/h6-17,19-24H,5H2,1-3H3/t7-,8+,9+,10-,11+,12+,13-,14+,15+,16+,17+/m0/s1. The van der Waals surface area contributed by atoms with E-state index < -0.39 is 67.5 Å². The quantitative estimate of drug-likeness (QED) is 0.267. The van der Waals surface area contributed by atoms with E-state index in [2.05, 4.69) is 0 Å². The lowest BCUT2D eigenvalue weighted by molar-refractivity contribution is -0.332. The van der Waals surface area contributed by atoms with Gasteiger partial charge in [-0.1, -0.05) is 13.8 Å². The van der Waals surface area contributed by atoms with Gasteiger partial charge < -0.3 is 49.6 Å². The molecule has 0 amide bonds. The highest BCUT2D eigenvalue weighted by Gasteiger charge is 2.47. The molecule has 162 valence electrons. The Morgan fingerprint density at radius 3 is 2.00 bits per heavy atom. The summed E-state index contributed by atoms with van der Waals surface area (Å²) in [6, 6.07) is 1.92. The van der Waals surface area contributed by atoms with Crippen molar-refractivity contribution in [3.05, 3.63) is 0 Å². The van der Waals surface area contributed by atoms with Crippen LogP contribution >= 0.6 is 0 Å². The number of aliphatic hydroxyl groups is 6. The van der Waals surface area contributed by atoms with E-state index in [9.17, 15) is 30.6 Å². The van der Waals surface area contributed by atoms with Crippen molar-refractivity contribution in [1.82, 2.24) is 0 Å². The van der Waals surface area contributed by atoms with E-state index >= 15 is 0 Å². The lowest BCUT2D eigenvalue weighted by Gasteiger charge is -2.42. The third-order valence-corrected chi connectivity index (χ3v) is 4.92. The van der Waals surface area contributed by atoms with Crippen LogP contribution < -0.4 is 0 Å². The lowest BCUT2D eigenvalue weighted by atomic mass is 9.98. The van der Waals surface area contributed by atoms with E-state index in [0.29, 0.717) is 0 Å². The molecule has 2 saturated heterocycles. The Morgan fingerprint density at radius 1 is 0.857 bits per heavy atom. The first kappa shape index (κ1) is 23.4. The first-order valence-electron chi connectivity index (χ1n) is 9.14. The second kappa shape index (κ2) is 9.73. The molecule has 2 rings (SSSR count). The number of nitrogens with zero attached hydrogens (tertiary/aromatic N) is 1. The first-order chi connectivity index (χ1) is 13.1. The zero-order valence-corrected chi connectivity index (χ0v) is 15.9. The van der Waals surface area contributed by atoms with E-state index in [4.69, 9.17) is 24.2 Å². The highest BCUT2D eigenvalue weighted by molar-refractivity contribution is 4.93. The van der Waals surface area contributed by atoms with Crippen LogP contribution in [0.2, 0.25) is 0 Å². The van der Waals surface area contributed by atoms with Gasteiger partial charge in [-0.15, -0.1) is 0 Å². The maximum atomic E-state index is 10.1. The number of nitriles is 1. The summed E-state index contributed by atoms with van der Waals surface area (Å²) < 4.78 is 21.5. The Hall–Kier alpha value is -0.910. The van der Waals surface area contributed by atoms with Gasteiger partial charge in [-0.2, -0.15) is 5.26 Å². The average Bonchev–Trinajstić information content (AvgIpc) is 2.66. The van der Waals surface area contributed by atoms with Gasteiger partial charge in [-0.05, 0) is 12.8 Å². The minimum atomic E-state index is -1.62. The molecule has 2 heterocycles. The molecule has 6 N–H and O–H groups in total. The summed E-state index contributed by atoms with van der Waals surface area (Å²) in [5, 5.41) is 68.9. The predicted octanol–water partition coefficient (Wildman–Crippen LogP) is -2.80. The Labute approximate surface area is 162 Å². The normalized spacial score (nSPS) is 45.6. The molecule has 0 saturated carbocycles. The smallest absolute Gasteiger partial charge is 0.188 e. The van der Waals surface area contributed by atoms with Crippen LogP contribution in [0.25, 0.3) is 0 Å². The molecular formula is C17H29NO10. The topological polar surface area (TPSA) is 182 Å². The number of hydrogen-bond acceptors (Lipinski definition) is 11. The second-order valence-corrected chi connectivity index (χ2v) is 7.46. The van der Waals surface area contributed by atoms with Crippen LogP contribution in [0.4, 0.5) is 0 Å². The number of aliphatic hydroxyl groups excluding tert-OH is 6. The zero-order chi connectivity index (χ0) is 21.2. The fraction of sp³-hybridized carbons (Fsp3) is 0.941. The summed E-state index contributed by atoms with van der Waals surface area (Å²) in [6.07, 6.45) is -14.7. The summed E-state index contributed by atoms with van der Waals surface area (Å²) in [5.41, 5.74) is 0. The summed E-state index contributed by atoms with van der Waals surface area (Å²) in [5.74, 6) is -0.209. The fourth-order valence-electron chi connectivity index (χ4n) is 2.99. The highest BCUT2D eigenvalue weighted by Crippen LogP contribution is 2.27. The maximum Gasteiger partial charge on any atom is 0.188 e. The third-order valence-electron chi connectivity index (χ3n) is 4.92. The minimum Gasteiger partial charge on any atom is -0.388 e. The molecule has 0 aromatic rings. The van der Waals surface area contributed by atoms with E-state index in [0.717, 1.165) is 0 Å². The molecule has 0 unspecified atom stereocenters. The third kappa shape index (κ3) is 4.98. The highest BCUT2D eigenvalue weighted by atomic mass is 16.7. The summed E-state index contributed by atoms with van der Waals surface area (Å²) >= 11 is 0. The zero-order valence-electron chi connectivity index (χ0n) is 15.9. The Balaban J connectivity index is 2.01. The van der Waals surface area contributed by atoms with E-state index in [-0.39, 0.29) is 12.5 Å². The molecule has 0 radical (unpaired) electrons. The molecule has 2 fully saturated rings. The van der Waals surface area contributed by atoms with Gasteiger partial charge in [0.2, 0.25) is 0 Å². The van der Waals surface area contributed by atoms with Crippen LogP contribution in [-0.2, 0) is 18.9 Å². The molecule has 11 nitrogen and oxygen atoms in total. The van der Waals surface area contributed by atoms with Crippen LogP contribution in [0.5, 0.6) is 0 Å². The lowest BCUT2D eigenvalue weighted by Crippen LogP contribution is -2.61. The number of hydrogen-bond donors (Lipinski definition) is 6. The van der Waals surface area contributed by atoms with E-state index in [1.54, 1.807) is 13.8 Å². The van der Waals surface area contributed by atoms with Crippen molar-refractivity contribution >= 4 is 0 Å². The molecule has 2 aliphatic heterocycles. The molecule has 0 aliphatic carbocycles. The average molecular weight is 407 g/mol. The van der Waals surface area contributed by atoms with Gasteiger partial charge >= 0.3 is 0 Å². The van der Waals surface area contributed by atoms with Crippen molar-refractivity contribution in [3.63, 3.8) is 0 Å². The molecule has 0 aromatic heterocycles. The Kier molecular flexibility index (Phi) is 8.12. The predicted molar refractivity (Wildman–Crippen MR) is 90.3 cm³/mol. The minimum absolute atomic E-state index is 0.209. The van der Waals surface area contributed by atoms with Gasteiger partial charge in [0.05, 0.1) is 18.8 Å². The van der Waals surface area contributed by atoms with Gasteiger partial charge in [0, 0.05) is 0 Å². The summed E-state index contributed by atoms with van der Waals surface area (Å²) in [4.78, 5) is 0. The summed E-state index contributed by atoms with van der Waals surface area (Å²) in [7, 11) is 0. The second-order valence-electron chi connectivity index (χ2n) is 7.46. The summed E-state index contributed by atoms with van der Waals surface area (Å²) in [6.45, 7) is 4.57. The molecule has 11 heteroatoms. The van der Waals surface area contributed by atoms with Gasteiger partial charge in [-0.3, -0.25) is 0 Å². The van der Waals surface area contributed by atoms with Crippen molar-refractivity contribution in [3.8, 4) is 6.07 Å². The molecule has 11 atom stereocenters. The largest absolute Gasteiger partial charge is 0.388 e. The molecule has 0 bridgehead atoms. The van der Waals surface area contributed by atoms with Gasteiger partial charge in [0.1, 0.15) is 48.8 Å². The molecule has 28 heavy (non-hydrogen) atoms. The van der Waals surface area contributed by atoms with Gasteiger partial charge in [0.15, 0.2) is 12.6 Å². The fourth-order valence-corrected chi connectivity index (χ4v) is 2.99. The van der Waals surface area contributed by atoms with E-state index in [1.807, 2.05) is 6.07 Å². The monoisotopic (exact) mass is 407 g/mol. The first-order valence-corrected chi connectivity index (χ1v) is 9.14. The maximum absolute atomic E-state index is 10.1. The van der Waals surface area contributed by atoms with Crippen LogP contribution in [0.3, 0.4) is 0 Å². The molecule has 0 aromatic carbocycles. The SMILES string of the molecule is CC(C)[C@@H](C#N)O[C@@H]1O[C@H](CO[C@@H]2O[C@@H](C)[C@H](O)[C@@H](O)[C@H]2O)[C@@H](O)[C@H](O)[C@H]1O. The Bertz CT molecular complexity index is 543. The van der Waals surface area contributed by atoms with Crippen molar-refractivity contribution < 1.29 is 49.6 Å². The van der Waals surface area contributed by atoms with Crippen LogP contribution in [0, 0.1) is 17.2 Å². The van der Waals surface area contributed by atoms with E-state index in [1.165, 1.54) is 6.92 Å². The van der Waals surface area contributed by atoms with Crippen LogP contribution in [0.15, 0.2) is 0 Å². The van der Waals surface area contributed by atoms with Crippen molar-refractivity contribution in [2.24, 2.45) is 5.92 Å². The van der Waals surface area contributed by atoms with Crippen LogP contribution in [0.1, 0.15) is 20.8 Å². The van der Waals surface area contributed by atoms with Gasteiger partial charge in [0.25, 0.3) is 0 Å². The van der Waals surface area contributed by atoms with Gasteiger partial charge in [-0.25, -0.2) is 0 Å². The molecule has 2 aliphatic rings. The van der Waals surface area contributed by atoms with Crippen molar-refractivity contribution in [2.75, 3.05) is 6.61 Å². The number of rotatable bonds is 6.